The molecule has 0 radical (unpaired) electrons. The fourth-order valence-corrected chi connectivity index (χ4v) is 2.36. The van der Waals surface area contributed by atoms with Gasteiger partial charge in [0.05, 0.1) is 11.9 Å². The molecule has 6 heteroatoms. The van der Waals surface area contributed by atoms with Crippen LogP contribution in [0.1, 0.15) is 33.1 Å². The van der Waals surface area contributed by atoms with Gasteiger partial charge < -0.3 is 11.1 Å². The quantitative estimate of drug-likeness (QED) is 0.865. The summed E-state index contributed by atoms with van der Waals surface area (Å²) in [7, 11) is 0. The number of halogens is 1. The molecule has 1 saturated carbocycles. The number of hydrogen-bond acceptors (Lipinski definition) is 4. The molecule has 0 unspecified atom stereocenters. The molecule has 0 atom stereocenters. The largest absolute Gasteiger partial charge is 0.381 e. The maximum Gasteiger partial charge on any atom is 0.287 e. The van der Waals surface area contributed by atoms with Crippen molar-refractivity contribution in [3.8, 4) is 0 Å². The van der Waals surface area contributed by atoms with Crippen LogP contribution >= 0.6 is 11.6 Å². The van der Waals surface area contributed by atoms with Crippen LogP contribution in [0.3, 0.4) is 0 Å². The highest BCUT2D eigenvalue weighted by Crippen LogP contribution is 2.29. The Morgan fingerprint density at radius 3 is 2.79 bits per heavy atom. The van der Waals surface area contributed by atoms with Crippen molar-refractivity contribution < 1.29 is 0 Å². The van der Waals surface area contributed by atoms with E-state index in [2.05, 4.69) is 10.4 Å². The van der Waals surface area contributed by atoms with Crippen molar-refractivity contribution in [1.29, 1.82) is 0 Å². The fraction of sp³-hybridized carbons (Fsp3) is 0.692. The number of nitrogens with one attached hydrogen (secondary N) is 1. The van der Waals surface area contributed by atoms with Gasteiger partial charge in [-0.3, -0.25) is 4.79 Å². The molecule has 19 heavy (non-hydrogen) atoms. The summed E-state index contributed by atoms with van der Waals surface area (Å²) >= 11 is 6.10. The Morgan fingerprint density at radius 1 is 1.58 bits per heavy atom. The fourth-order valence-electron chi connectivity index (χ4n) is 2.14. The molecule has 0 amide bonds. The van der Waals surface area contributed by atoms with Crippen LogP contribution < -0.4 is 16.6 Å². The first-order valence-electron chi connectivity index (χ1n) is 6.70. The molecule has 106 valence electrons. The van der Waals surface area contributed by atoms with E-state index >= 15 is 0 Å². The first-order chi connectivity index (χ1) is 8.91. The average molecular weight is 285 g/mol. The summed E-state index contributed by atoms with van der Waals surface area (Å²) in [5, 5.41) is 7.48. The van der Waals surface area contributed by atoms with Gasteiger partial charge >= 0.3 is 0 Å². The lowest BCUT2D eigenvalue weighted by atomic mass is 9.78. The molecule has 5 nitrogen and oxygen atoms in total. The lowest BCUT2D eigenvalue weighted by Gasteiger charge is -2.38. The van der Waals surface area contributed by atoms with Crippen LogP contribution in [-0.4, -0.2) is 21.9 Å². The Morgan fingerprint density at radius 2 is 2.26 bits per heavy atom. The van der Waals surface area contributed by atoms with E-state index < -0.39 is 0 Å². The van der Waals surface area contributed by atoms with Gasteiger partial charge in [0.25, 0.3) is 5.56 Å². The summed E-state index contributed by atoms with van der Waals surface area (Å²) in [6.07, 6.45) is 4.79. The predicted octanol–water partition coefficient (Wildman–Crippen LogP) is 1.85. The third-order valence-corrected chi connectivity index (χ3v) is 3.87. The zero-order valence-corrected chi connectivity index (χ0v) is 12.2. The second kappa shape index (κ2) is 5.51. The highest BCUT2D eigenvalue weighted by Gasteiger charge is 2.32. The second-order valence-electron chi connectivity index (χ2n) is 5.82. The molecule has 0 spiro atoms. The van der Waals surface area contributed by atoms with Crippen molar-refractivity contribution in [1.82, 2.24) is 9.78 Å². The Kier molecular flexibility index (Phi) is 4.16. The van der Waals surface area contributed by atoms with Gasteiger partial charge in [0, 0.05) is 18.6 Å². The Hall–Kier alpha value is -1.07. The predicted molar refractivity (Wildman–Crippen MR) is 77.6 cm³/mol. The van der Waals surface area contributed by atoms with Crippen molar-refractivity contribution in [2.24, 2.45) is 11.7 Å². The summed E-state index contributed by atoms with van der Waals surface area (Å²) in [6.45, 7) is 5.26. The summed E-state index contributed by atoms with van der Waals surface area (Å²) in [5.74, 6) is 0.349. The lowest BCUT2D eigenvalue weighted by molar-refractivity contribution is 0.265. The van der Waals surface area contributed by atoms with E-state index in [1.165, 1.54) is 11.1 Å². The van der Waals surface area contributed by atoms with Crippen LogP contribution in [0.25, 0.3) is 0 Å². The van der Waals surface area contributed by atoms with Crippen LogP contribution in [-0.2, 0) is 6.54 Å². The number of aromatic nitrogens is 2. The monoisotopic (exact) mass is 284 g/mol. The maximum absolute atomic E-state index is 12.0. The zero-order valence-electron chi connectivity index (χ0n) is 11.4. The second-order valence-corrected chi connectivity index (χ2v) is 6.20. The summed E-state index contributed by atoms with van der Waals surface area (Å²) in [6, 6.07) is 0. The zero-order chi connectivity index (χ0) is 14.0. The number of anilines is 1. The Labute approximate surface area is 118 Å². The van der Waals surface area contributed by atoms with Crippen molar-refractivity contribution in [3.63, 3.8) is 0 Å². The summed E-state index contributed by atoms with van der Waals surface area (Å²) < 4.78 is 1.40. The molecule has 1 aliphatic rings. The molecular formula is C13H21ClN4O. The maximum atomic E-state index is 12.0. The SMILES string of the molecule is CC(C)Cn1ncc(NCC2(N)CCC2)c(Cl)c1=O. The molecule has 0 aliphatic heterocycles. The van der Waals surface area contributed by atoms with Gasteiger partial charge in [0.15, 0.2) is 0 Å². The molecule has 1 aromatic rings. The number of nitrogens with two attached hydrogens (primary N) is 1. The molecule has 2 rings (SSSR count). The van der Waals surface area contributed by atoms with Crippen LogP contribution in [0.15, 0.2) is 11.0 Å². The van der Waals surface area contributed by atoms with Crippen LogP contribution in [0, 0.1) is 5.92 Å². The van der Waals surface area contributed by atoms with Gasteiger partial charge in [0.1, 0.15) is 5.02 Å². The molecule has 1 heterocycles. The molecule has 0 aromatic carbocycles. The lowest BCUT2D eigenvalue weighted by Crippen LogP contribution is -2.52. The highest BCUT2D eigenvalue weighted by atomic mass is 35.5. The van der Waals surface area contributed by atoms with E-state index in [4.69, 9.17) is 17.3 Å². The summed E-state index contributed by atoms with van der Waals surface area (Å²) in [4.78, 5) is 12.0. The molecule has 3 N–H and O–H groups in total. The topological polar surface area (TPSA) is 72.9 Å². The van der Waals surface area contributed by atoms with Crippen molar-refractivity contribution in [2.75, 3.05) is 11.9 Å². The van der Waals surface area contributed by atoms with Crippen LogP contribution in [0.4, 0.5) is 5.69 Å². The molecule has 0 bridgehead atoms. The highest BCUT2D eigenvalue weighted by molar-refractivity contribution is 6.32. The van der Waals surface area contributed by atoms with E-state index in [0.29, 0.717) is 24.7 Å². The van der Waals surface area contributed by atoms with Gasteiger partial charge in [-0.05, 0) is 25.2 Å². The minimum Gasteiger partial charge on any atom is -0.381 e. The van der Waals surface area contributed by atoms with Crippen LogP contribution in [0.5, 0.6) is 0 Å². The number of hydrogen-bond donors (Lipinski definition) is 2. The van der Waals surface area contributed by atoms with E-state index in [0.717, 1.165) is 12.8 Å². The molecule has 1 aromatic heterocycles. The van der Waals surface area contributed by atoms with E-state index in [-0.39, 0.29) is 16.1 Å². The average Bonchev–Trinajstić information content (AvgIpc) is 2.31. The number of nitrogens with zero attached hydrogens (tertiary/aromatic N) is 2. The summed E-state index contributed by atoms with van der Waals surface area (Å²) in [5.41, 5.74) is 6.29. The van der Waals surface area contributed by atoms with E-state index in [9.17, 15) is 4.79 Å². The van der Waals surface area contributed by atoms with Gasteiger partial charge in [-0.1, -0.05) is 25.4 Å². The Bertz CT molecular complexity index is 508. The molecule has 0 saturated heterocycles. The molecule has 1 fully saturated rings. The minimum atomic E-state index is -0.250. The normalized spacial score (nSPS) is 17.3. The first-order valence-corrected chi connectivity index (χ1v) is 7.07. The van der Waals surface area contributed by atoms with Crippen molar-refractivity contribution >= 4 is 17.3 Å². The Balaban J connectivity index is 2.10. The van der Waals surface area contributed by atoms with Crippen molar-refractivity contribution in [2.45, 2.75) is 45.2 Å². The molecule has 1 aliphatic carbocycles. The standard InChI is InChI=1S/C13H21ClN4O/c1-9(2)7-18-12(19)11(14)10(6-17-18)16-8-13(15)4-3-5-13/h6,9,16H,3-5,7-8,15H2,1-2H3. The van der Waals surface area contributed by atoms with Gasteiger partial charge in [-0.15, -0.1) is 0 Å². The van der Waals surface area contributed by atoms with E-state index in [1.807, 2.05) is 13.8 Å². The van der Waals surface area contributed by atoms with Crippen molar-refractivity contribution in [3.05, 3.63) is 21.6 Å². The van der Waals surface area contributed by atoms with Gasteiger partial charge in [-0.2, -0.15) is 5.10 Å². The van der Waals surface area contributed by atoms with Gasteiger partial charge in [0.2, 0.25) is 0 Å². The minimum absolute atomic E-state index is 0.157. The third kappa shape index (κ3) is 3.28. The van der Waals surface area contributed by atoms with Gasteiger partial charge in [-0.25, -0.2) is 4.68 Å². The molecular weight excluding hydrogens is 264 g/mol. The number of rotatable bonds is 5. The first kappa shape index (κ1) is 14.3. The third-order valence-electron chi connectivity index (χ3n) is 3.50. The van der Waals surface area contributed by atoms with Crippen LogP contribution in [0.2, 0.25) is 5.02 Å². The van der Waals surface area contributed by atoms with E-state index in [1.54, 1.807) is 6.20 Å². The smallest absolute Gasteiger partial charge is 0.287 e.